The quantitative estimate of drug-likeness (QED) is 0.870. The Labute approximate surface area is 135 Å². The lowest BCUT2D eigenvalue weighted by molar-refractivity contribution is -0.00895. The molecule has 1 aliphatic heterocycles. The van der Waals surface area contributed by atoms with Crippen LogP contribution < -0.4 is 0 Å². The molecule has 0 radical (unpaired) electrons. The summed E-state index contributed by atoms with van der Waals surface area (Å²) in [6.07, 6.45) is 0. The number of hydrogen-bond donors (Lipinski definition) is 0. The Morgan fingerprint density at radius 3 is 2.70 bits per heavy atom. The number of carbonyl (C=O) groups excluding carboxylic acids is 1. The van der Waals surface area contributed by atoms with Gasteiger partial charge < -0.3 is 18.8 Å². The summed E-state index contributed by atoms with van der Waals surface area (Å²) in [4.78, 5) is 14.7. The van der Waals surface area contributed by atoms with E-state index in [9.17, 15) is 4.79 Å². The number of nitrogens with zero attached hydrogens (tertiary/aromatic N) is 1. The maximum atomic E-state index is 12.9. The summed E-state index contributed by atoms with van der Waals surface area (Å²) < 4.78 is 16.3. The van der Waals surface area contributed by atoms with Crippen molar-refractivity contribution >= 4 is 5.91 Å². The van der Waals surface area contributed by atoms with Crippen LogP contribution in [0.2, 0.25) is 0 Å². The van der Waals surface area contributed by atoms with Crippen molar-refractivity contribution in [2.24, 2.45) is 0 Å². The second-order valence-electron chi connectivity index (χ2n) is 5.67. The summed E-state index contributed by atoms with van der Waals surface area (Å²) in [6.45, 7) is 4.00. The van der Waals surface area contributed by atoms with Crippen molar-refractivity contribution in [1.29, 1.82) is 0 Å². The molecule has 1 atom stereocenters. The van der Waals surface area contributed by atoms with Gasteiger partial charge in [-0.15, -0.1) is 0 Å². The highest BCUT2D eigenvalue weighted by atomic mass is 16.5. The van der Waals surface area contributed by atoms with Gasteiger partial charge in [0.05, 0.1) is 19.8 Å². The number of furan rings is 1. The van der Waals surface area contributed by atoms with Crippen molar-refractivity contribution in [2.45, 2.75) is 19.6 Å². The molecule has 122 valence electrons. The van der Waals surface area contributed by atoms with Gasteiger partial charge in [-0.05, 0) is 36.8 Å². The predicted molar refractivity (Wildman–Crippen MR) is 85.2 cm³/mol. The predicted octanol–water partition coefficient (Wildman–Crippen LogP) is 2.95. The molecule has 0 N–H and O–H groups in total. The SMILES string of the molecule is COCc1ccc(C(=O)N2CCOC[C@@H]2c2ccc(C)o2)cc1. The highest BCUT2D eigenvalue weighted by molar-refractivity contribution is 5.94. The van der Waals surface area contributed by atoms with Crippen LogP contribution in [0.5, 0.6) is 0 Å². The molecule has 3 rings (SSSR count). The number of morpholine rings is 1. The van der Waals surface area contributed by atoms with Gasteiger partial charge in [0, 0.05) is 19.2 Å². The van der Waals surface area contributed by atoms with E-state index in [-0.39, 0.29) is 11.9 Å². The monoisotopic (exact) mass is 315 g/mol. The average Bonchev–Trinajstić information content (AvgIpc) is 3.02. The van der Waals surface area contributed by atoms with E-state index in [1.165, 1.54) is 0 Å². The number of amides is 1. The van der Waals surface area contributed by atoms with E-state index in [0.29, 0.717) is 31.9 Å². The van der Waals surface area contributed by atoms with Crippen molar-refractivity contribution in [3.8, 4) is 0 Å². The molecule has 1 aliphatic rings. The third-order valence-corrected chi connectivity index (χ3v) is 3.99. The zero-order valence-corrected chi connectivity index (χ0v) is 13.5. The van der Waals surface area contributed by atoms with Gasteiger partial charge in [0.2, 0.25) is 0 Å². The summed E-state index contributed by atoms with van der Waals surface area (Å²) >= 11 is 0. The lowest BCUT2D eigenvalue weighted by Crippen LogP contribution is -2.43. The van der Waals surface area contributed by atoms with Crippen LogP contribution in [0.1, 0.15) is 33.5 Å². The topological polar surface area (TPSA) is 51.9 Å². The minimum atomic E-state index is -0.177. The molecule has 0 spiro atoms. The highest BCUT2D eigenvalue weighted by Gasteiger charge is 2.31. The number of hydrogen-bond acceptors (Lipinski definition) is 4. The van der Waals surface area contributed by atoms with E-state index in [1.807, 2.05) is 48.2 Å². The van der Waals surface area contributed by atoms with Gasteiger partial charge in [-0.2, -0.15) is 0 Å². The minimum absolute atomic E-state index is 0.00341. The van der Waals surface area contributed by atoms with Gasteiger partial charge in [-0.25, -0.2) is 0 Å². The molecule has 0 bridgehead atoms. The Morgan fingerprint density at radius 1 is 1.26 bits per heavy atom. The zero-order chi connectivity index (χ0) is 16.2. The average molecular weight is 315 g/mol. The largest absolute Gasteiger partial charge is 0.464 e. The van der Waals surface area contributed by atoms with Crippen molar-refractivity contribution in [3.63, 3.8) is 0 Å². The summed E-state index contributed by atoms with van der Waals surface area (Å²) in [6, 6.07) is 11.2. The van der Waals surface area contributed by atoms with E-state index in [4.69, 9.17) is 13.9 Å². The molecule has 2 heterocycles. The lowest BCUT2D eigenvalue weighted by atomic mass is 10.1. The maximum Gasteiger partial charge on any atom is 0.254 e. The molecule has 0 saturated carbocycles. The number of aryl methyl sites for hydroxylation is 1. The van der Waals surface area contributed by atoms with Gasteiger partial charge >= 0.3 is 0 Å². The van der Waals surface area contributed by atoms with Crippen LogP contribution in [0.25, 0.3) is 0 Å². The minimum Gasteiger partial charge on any atom is -0.464 e. The Bertz CT molecular complexity index is 662. The maximum absolute atomic E-state index is 12.9. The number of methoxy groups -OCH3 is 1. The van der Waals surface area contributed by atoms with Crippen LogP contribution in [0.3, 0.4) is 0 Å². The van der Waals surface area contributed by atoms with E-state index in [1.54, 1.807) is 7.11 Å². The molecule has 0 unspecified atom stereocenters. The molecule has 1 saturated heterocycles. The third kappa shape index (κ3) is 3.46. The standard InChI is InChI=1S/C18H21NO4/c1-13-3-8-17(23-13)16-12-22-10-9-19(16)18(20)15-6-4-14(5-7-15)11-21-2/h3-8,16H,9-12H2,1-2H3/t16-/m1/s1. The summed E-state index contributed by atoms with van der Waals surface area (Å²) in [5.74, 6) is 1.60. The van der Waals surface area contributed by atoms with Crippen LogP contribution in [-0.4, -0.2) is 37.7 Å². The molecule has 5 nitrogen and oxygen atoms in total. The molecular weight excluding hydrogens is 294 g/mol. The first-order valence-corrected chi connectivity index (χ1v) is 7.72. The van der Waals surface area contributed by atoms with Gasteiger partial charge in [-0.3, -0.25) is 4.79 Å². The zero-order valence-electron chi connectivity index (χ0n) is 13.5. The van der Waals surface area contributed by atoms with Crippen molar-refractivity contribution < 1.29 is 18.7 Å². The van der Waals surface area contributed by atoms with Gasteiger partial charge in [0.25, 0.3) is 5.91 Å². The fourth-order valence-electron chi connectivity index (χ4n) is 2.79. The van der Waals surface area contributed by atoms with Gasteiger partial charge in [-0.1, -0.05) is 12.1 Å². The van der Waals surface area contributed by atoms with E-state index < -0.39 is 0 Å². The van der Waals surface area contributed by atoms with Crippen LogP contribution in [0, 0.1) is 6.92 Å². The molecular formula is C18H21NO4. The summed E-state index contributed by atoms with van der Waals surface area (Å²) in [5.41, 5.74) is 1.71. The molecule has 1 fully saturated rings. The van der Waals surface area contributed by atoms with E-state index in [0.717, 1.165) is 17.1 Å². The second-order valence-corrected chi connectivity index (χ2v) is 5.67. The lowest BCUT2D eigenvalue weighted by Gasteiger charge is -2.34. The Hall–Kier alpha value is -2.11. The van der Waals surface area contributed by atoms with Crippen molar-refractivity contribution in [2.75, 3.05) is 26.9 Å². The van der Waals surface area contributed by atoms with Crippen molar-refractivity contribution in [1.82, 2.24) is 4.90 Å². The fourth-order valence-corrected chi connectivity index (χ4v) is 2.79. The summed E-state index contributed by atoms with van der Waals surface area (Å²) in [7, 11) is 1.66. The van der Waals surface area contributed by atoms with Gasteiger partial charge in [0.1, 0.15) is 17.6 Å². The fraction of sp³-hybridized carbons (Fsp3) is 0.389. The van der Waals surface area contributed by atoms with Crippen molar-refractivity contribution in [3.05, 3.63) is 59.0 Å². The first-order chi connectivity index (χ1) is 11.2. The van der Waals surface area contributed by atoms with Crippen LogP contribution in [0.15, 0.2) is 40.8 Å². The number of rotatable bonds is 4. The normalized spacial score (nSPS) is 18.2. The molecule has 23 heavy (non-hydrogen) atoms. The smallest absolute Gasteiger partial charge is 0.254 e. The van der Waals surface area contributed by atoms with Gasteiger partial charge in [0.15, 0.2) is 0 Å². The van der Waals surface area contributed by atoms with Crippen LogP contribution in [0.4, 0.5) is 0 Å². The Kier molecular flexibility index (Phi) is 4.79. The Balaban J connectivity index is 1.80. The number of ether oxygens (including phenoxy) is 2. The first-order valence-electron chi connectivity index (χ1n) is 7.72. The molecule has 2 aromatic rings. The van der Waals surface area contributed by atoms with Crippen LogP contribution >= 0.6 is 0 Å². The van der Waals surface area contributed by atoms with E-state index in [2.05, 4.69) is 0 Å². The summed E-state index contributed by atoms with van der Waals surface area (Å²) in [5, 5.41) is 0. The van der Waals surface area contributed by atoms with Crippen LogP contribution in [-0.2, 0) is 16.1 Å². The van der Waals surface area contributed by atoms with E-state index >= 15 is 0 Å². The third-order valence-electron chi connectivity index (χ3n) is 3.99. The molecule has 1 aromatic carbocycles. The first kappa shape index (κ1) is 15.8. The Morgan fingerprint density at radius 2 is 2.04 bits per heavy atom. The highest BCUT2D eigenvalue weighted by Crippen LogP contribution is 2.27. The number of benzene rings is 1. The number of carbonyl (C=O) groups is 1. The molecule has 1 aromatic heterocycles. The molecule has 1 amide bonds. The second kappa shape index (κ2) is 6.98. The molecule has 5 heteroatoms. The molecule has 0 aliphatic carbocycles.